The number of benzene rings is 1. The molecule has 1 heterocycles. The van der Waals surface area contributed by atoms with Crippen molar-refractivity contribution in [2.24, 2.45) is 5.92 Å². The van der Waals surface area contributed by atoms with Crippen molar-refractivity contribution >= 4 is 0 Å². The molecule has 3 atom stereocenters. The third-order valence-corrected chi connectivity index (χ3v) is 4.41. The van der Waals surface area contributed by atoms with Gasteiger partial charge in [0, 0.05) is 18.0 Å². The first-order valence-corrected chi connectivity index (χ1v) is 6.78. The molecule has 3 heteroatoms. The van der Waals surface area contributed by atoms with E-state index in [1.165, 1.54) is 12.5 Å². The zero-order valence-electron chi connectivity index (χ0n) is 11.0. The first-order chi connectivity index (χ1) is 8.62. The van der Waals surface area contributed by atoms with Crippen LogP contribution in [-0.4, -0.2) is 12.6 Å². The Morgan fingerprint density at radius 3 is 2.89 bits per heavy atom. The SMILES string of the molecule is CNC1CC2(CCC(C)C2)Oc2ccc(F)cc21. The fourth-order valence-electron chi connectivity index (χ4n) is 3.53. The van der Waals surface area contributed by atoms with Gasteiger partial charge in [0.1, 0.15) is 17.2 Å². The minimum absolute atomic E-state index is 0.0298. The highest BCUT2D eigenvalue weighted by Gasteiger charge is 2.45. The molecule has 1 spiro atoms. The van der Waals surface area contributed by atoms with E-state index < -0.39 is 0 Å². The standard InChI is InChI=1S/C15H20FNO/c1-10-5-6-15(8-10)9-13(17-2)12-7-11(16)3-4-14(12)18-15/h3-4,7,10,13,17H,5-6,8-9H2,1-2H3. The average molecular weight is 249 g/mol. The summed E-state index contributed by atoms with van der Waals surface area (Å²) in [6.45, 7) is 2.28. The van der Waals surface area contributed by atoms with Crippen molar-refractivity contribution in [1.82, 2.24) is 5.32 Å². The molecule has 1 aromatic carbocycles. The second-order valence-corrected chi connectivity index (χ2v) is 5.86. The van der Waals surface area contributed by atoms with Gasteiger partial charge >= 0.3 is 0 Å². The normalized spacial score (nSPS) is 34.4. The molecule has 18 heavy (non-hydrogen) atoms. The molecule has 0 saturated heterocycles. The molecule has 3 rings (SSSR count). The summed E-state index contributed by atoms with van der Waals surface area (Å²) >= 11 is 0. The molecule has 1 aliphatic carbocycles. The van der Waals surface area contributed by atoms with Crippen molar-refractivity contribution in [3.63, 3.8) is 0 Å². The first kappa shape index (κ1) is 12.0. The monoisotopic (exact) mass is 249 g/mol. The number of nitrogens with one attached hydrogen (secondary N) is 1. The van der Waals surface area contributed by atoms with Gasteiger partial charge in [-0.3, -0.25) is 0 Å². The van der Waals surface area contributed by atoms with Gasteiger partial charge in [-0.15, -0.1) is 0 Å². The van der Waals surface area contributed by atoms with Gasteiger partial charge in [-0.2, -0.15) is 0 Å². The van der Waals surface area contributed by atoms with Crippen LogP contribution in [0.2, 0.25) is 0 Å². The van der Waals surface area contributed by atoms with Crippen LogP contribution in [0.4, 0.5) is 4.39 Å². The Morgan fingerprint density at radius 2 is 2.22 bits per heavy atom. The van der Waals surface area contributed by atoms with E-state index >= 15 is 0 Å². The quantitative estimate of drug-likeness (QED) is 0.823. The van der Waals surface area contributed by atoms with Crippen LogP contribution in [0.3, 0.4) is 0 Å². The molecule has 3 unspecified atom stereocenters. The number of halogens is 1. The van der Waals surface area contributed by atoms with E-state index in [2.05, 4.69) is 12.2 Å². The molecular formula is C15H20FNO. The molecule has 98 valence electrons. The Bertz CT molecular complexity index is 462. The average Bonchev–Trinajstić information content (AvgIpc) is 2.70. The maximum atomic E-state index is 13.4. The molecule has 0 bridgehead atoms. The maximum absolute atomic E-state index is 13.4. The van der Waals surface area contributed by atoms with Crippen LogP contribution in [0, 0.1) is 11.7 Å². The van der Waals surface area contributed by atoms with Crippen LogP contribution in [0.5, 0.6) is 5.75 Å². The predicted octanol–water partition coefficient (Wildman–Crippen LogP) is 3.43. The van der Waals surface area contributed by atoms with Crippen molar-refractivity contribution in [3.05, 3.63) is 29.6 Å². The van der Waals surface area contributed by atoms with Crippen molar-refractivity contribution in [2.75, 3.05) is 7.05 Å². The zero-order valence-corrected chi connectivity index (χ0v) is 11.0. The summed E-state index contributed by atoms with van der Waals surface area (Å²) in [5, 5.41) is 3.31. The Balaban J connectivity index is 1.97. The highest BCUT2D eigenvalue weighted by molar-refractivity contribution is 5.39. The summed E-state index contributed by atoms with van der Waals surface area (Å²) in [6, 6.07) is 5.07. The minimum atomic E-state index is -0.187. The lowest BCUT2D eigenvalue weighted by atomic mass is 9.85. The van der Waals surface area contributed by atoms with Crippen molar-refractivity contribution < 1.29 is 9.13 Å². The van der Waals surface area contributed by atoms with E-state index in [0.717, 1.165) is 36.5 Å². The van der Waals surface area contributed by atoms with Crippen LogP contribution in [0.15, 0.2) is 18.2 Å². The second kappa shape index (κ2) is 4.23. The van der Waals surface area contributed by atoms with E-state index in [1.54, 1.807) is 12.1 Å². The summed E-state index contributed by atoms with van der Waals surface area (Å²) in [5.74, 6) is 1.40. The molecule has 0 radical (unpaired) electrons. The number of hydrogen-bond acceptors (Lipinski definition) is 2. The molecule has 2 nitrogen and oxygen atoms in total. The molecule has 0 amide bonds. The summed E-state index contributed by atoms with van der Waals surface area (Å²) in [7, 11) is 1.94. The van der Waals surface area contributed by atoms with Crippen molar-refractivity contribution in [1.29, 1.82) is 0 Å². The van der Waals surface area contributed by atoms with E-state index in [9.17, 15) is 4.39 Å². The van der Waals surface area contributed by atoms with E-state index in [4.69, 9.17) is 4.74 Å². The highest BCUT2D eigenvalue weighted by Crippen LogP contribution is 2.48. The first-order valence-electron chi connectivity index (χ1n) is 6.78. The Morgan fingerprint density at radius 1 is 1.39 bits per heavy atom. The third kappa shape index (κ3) is 1.91. The minimum Gasteiger partial charge on any atom is -0.487 e. The van der Waals surface area contributed by atoms with Crippen LogP contribution in [-0.2, 0) is 0 Å². The fraction of sp³-hybridized carbons (Fsp3) is 0.600. The Labute approximate surface area is 108 Å². The van der Waals surface area contributed by atoms with Gasteiger partial charge in [0.15, 0.2) is 0 Å². The molecule has 1 aliphatic heterocycles. The summed E-state index contributed by atoms with van der Waals surface area (Å²) in [6.07, 6.45) is 4.41. The third-order valence-electron chi connectivity index (χ3n) is 4.41. The van der Waals surface area contributed by atoms with Crippen molar-refractivity contribution in [2.45, 2.75) is 44.2 Å². The summed E-state index contributed by atoms with van der Waals surface area (Å²) < 4.78 is 19.6. The Hall–Kier alpha value is -1.09. The largest absolute Gasteiger partial charge is 0.487 e. The maximum Gasteiger partial charge on any atom is 0.125 e. The van der Waals surface area contributed by atoms with Gasteiger partial charge in [-0.25, -0.2) is 4.39 Å². The smallest absolute Gasteiger partial charge is 0.125 e. The van der Waals surface area contributed by atoms with Crippen LogP contribution in [0.25, 0.3) is 0 Å². The number of rotatable bonds is 1. The summed E-state index contributed by atoms with van der Waals surface area (Å²) in [4.78, 5) is 0. The molecule has 1 fully saturated rings. The van der Waals surface area contributed by atoms with Gasteiger partial charge in [0.2, 0.25) is 0 Å². The van der Waals surface area contributed by atoms with Gasteiger partial charge in [0.05, 0.1) is 0 Å². The molecule has 0 aromatic heterocycles. The van der Waals surface area contributed by atoms with Crippen LogP contribution >= 0.6 is 0 Å². The molecule has 1 aromatic rings. The zero-order chi connectivity index (χ0) is 12.8. The van der Waals surface area contributed by atoms with Gasteiger partial charge in [-0.1, -0.05) is 6.92 Å². The topological polar surface area (TPSA) is 21.3 Å². The number of hydrogen-bond donors (Lipinski definition) is 1. The van der Waals surface area contributed by atoms with Gasteiger partial charge in [0.25, 0.3) is 0 Å². The lowest BCUT2D eigenvalue weighted by Crippen LogP contribution is -2.41. The molecule has 1 N–H and O–H groups in total. The molecule has 2 aliphatic rings. The number of ether oxygens (including phenoxy) is 1. The van der Waals surface area contributed by atoms with Gasteiger partial charge in [-0.05, 0) is 50.4 Å². The van der Waals surface area contributed by atoms with E-state index in [1.807, 2.05) is 7.05 Å². The van der Waals surface area contributed by atoms with Gasteiger partial charge < -0.3 is 10.1 Å². The lowest BCUT2D eigenvalue weighted by molar-refractivity contribution is 0.0345. The number of fused-ring (bicyclic) bond motifs is 1. The van der Waals surface area contributed by atoms with E-state index in [-0.39, 0.29) is 17.5 Å². The predicted molar refractivity (Wildman–Crippen MR) is 69.2 cm³/mol. The highest BCUT2D eigenvalue weighted by atomic mass is 19.1. The fourth-order valence-corrected chi connectivity index (χ4v) is 3.53. The van der Waals surface area contributed by atoms with Crippen LogP contribution < -0.4 is 10.1 Å². The lowest BCUT2D eigenvalue weighted by Gasteiger charge is -2.40. The molecular weight excluding hydrogens is 229 g/mol. The van der Waals surface area contributed by atoms with Crippen molar-refractivity contribution in [3.8, 4) is 5.75 Å². The van der Waals surface area contributed by atoms with Crippen LogP contribution in [0.1, 0.15) is 44.2 Å². The Kier molecular flexibility index (Phi) is 2.81. The van der Waals surface area contributed by atoms with E-state index in [0.29, 0.717) is 0 Å². The molecule has 1 saturated carbocycles. The summed E-state index contributed by atoms with van der Waals surface area (Å²) in [5.41, 5.74) is 0.931. The second-order valence-electron chi connectivity index (χ2n) is 5.86.